The maximum atomic E-state index is 12.7. The van der Waals surface area contributed by atoms with E-state index in [0.29, 0.717) is 11.3 Å². The van der Waals surface area contributed by atoms with Crippen molar-refractivity contribution in [1.29, 1.82) is 0 Å². The highest BCUT2D eigenvalue weighted by Gasteiger charge is 2.19. The van der Waals surface area contributed by atoms with E-state index in [9.17, 15) is 13.2 Å². The molecule has 1 atom stereocenters. The van der Waals surface area contributed by atoms with Gasteiger partial charge in [0.25, 0.3) is 5.91 Å². The molecule has 1 N–H and O–H groups in total. The van der Waals surface area contributed by atoms with Crippen LogP contribution in [0, 0.1) is 13.8 Å². The Hall–Kier alpha value is -3.12. The quantitative estimate of drug-likeness (QED) is 0.581. The molecule has 0 spiro atoms. The van der Waals surface area contributed by atoms with Crippen molar-refractivity contribution >= 4 is 21.6 Å². The van der Waals surface area contributed by atoms with E-state index in [1.165, 1.54) is 21.7 Å². The Morgan fingerprint density at radius 3 is 2.16 bits per heavy atom. The number of carbonyl (C=O) groups is 1. The zero-order valence-corrected chi connectivity index (χ0v) is 19.1. The summed E-state index contributed by atoms with van der Waals surface area (Å²) < 4.78 is 26.0. The molecule has 0 saturated carbocycles. The molecular weight excluding hydrogens is 408 g/mol. The van der Waals surface area contributed by atoms with Gasteiger partial charge in [0.2, 0.25) is 10.0 Å². The number of hydrogen-bond acceptors (Lipinski definition) is 3. The van der Waals surface area contributed by atoms with Crippen LogP contribution in [0.2, 0.25) is 0 Å². The lowest BCUT2D eigenvalue weighted by atomic mass is 10.0. The average Bonchev–Trinajstić information content (AvgIpc) is 2.74. The van der Waals surface area contributed by atoms with Crippen LogP contribution in [0.4, 0.5) is 5.69 Å². The minimum atomic E-state index is -3.48. The second-order valence-electron chi connectivity index (χ2n) is 7.84. The van der Waals surface area contributed by atoms with E-state index in [1.54, 1.807) is 24.3 Å². The first-order valence-electron chi connectivity index (χ1n) is 10.1. The summed E-state index contributed by atoms with van der Waals surface area (Å²) in [5.41, 5.74) is 5.32. The number of hydrogen-bond donors (Lipinski definition) is 1. The molecule has 0 fully saturated rings. The maximum Gasteiger partial charge on any atom is 0.251 e. The zero-order valence-electron chi connectivity index (χ0n) is 18.3. The summed E-state index contributed by atoms with van der Waals surface area (Å²) in [6, 6.07) is 22.1. The molecule has 3 rings (SSSR count). The fraction of sp³-hybridized carbons (Fsp3) is 0.240. The molecule has 162 valence electrons. The Morgan fingerprint density at radius 1 is 0.935 bits per heavy atom. The van der Waals surface area contributed by atoms with E-state index in [0.717, 1.165) is 11.1 Å². The van der Waals surface area contributed by atoms with Crippen molar-refractivity contribution < 1.29 is 13.2 Å². The fourth-order valence-electron chi connectivity index (χ4n) is 3.33. The molecule has 6 heteroatoms. The van der Waals surface area contributed by atoms with Gasteiger partial charge in [0.05, 0.1) is 24.5 Å². The maximum absolute atomic E-state index is 12.7. The Labute approximate surface area is 184 Å². The molecule has 0 heterocycles. The van der Waals surface area contributed by atoms with Gasteiger partial charge in [-0.05, 0) is 67.3 Å². The Kier molecular flexibility index (Phi) is 6.81. The molecule has 3 aromatic rings. The molecule has 0 aliphatic rings. The number of amides is 1. The smallest absolute Gasteiger partial charge is 0.251 e. The van der Waals surface area contributed by atoms with Gasteiger partial charge in [-0.25, -0.2) is 8.42 Å². The van der Waals surface area contributed by atoms with Crippen LogP contribution in [0.1, 0.15) is 45.6 Å². The highest BCUT2D eigenvalue weighted by molar-refractivity contribution is 7.92. The number of anilines is 1. The van der Waals surface area contributed by atoms with Gasteiger partial charge in [-0.3, -0.25) is 9.10 Å². The second kappa shape index (κ2) is 9.35. The van der Waals surface area contributed by atoms with Gasteiger partial charge in [0, 0.05) is 5.56 Å². The Morgan fingerprint density at radius 2 is 1.58 bits per heavy atom. The first kappa shape index (κ1) is 22.6. The number of nitrogens with zero attached hydrogens (tertiary/aromatic N) is 1. The molecule has 0 aliphatic heterocycles. The molecule has 31 heavy (non-hydrogen) atoms. The lowest BCUT2D eigenvalue weighted by molar-refractivity contribution is 0.0940. The van der Waals surface area contributed by atoms with Crippen molar-refractivity contribution in [3.63, 3.8) is 0 Å². The third kappa shape index (κ3) is 5.73. The molecule has 0 aliphatic carbocycles. The standard InChI is InChI=1S/C25H28N2O3S/c1-18-10-11-23(16-19(18)2)20(3)26-25(28)22-12-14-24(15-13-22)27(31(4,29)30)17-21-8-6-5-7-9-21/h5-16,20H,17H2,1-4H3,(H,26,28)/t20-/m0/s1. The van der Waals surface area contributed by atoms with Crippen LogP contribution < -0.4 is 9.62 Å². The molecule has 0 bridgehead atoms. The Bertz CT molecular complexity index is 1160. The van der Waals surface area contributed by atoms with Crippen molar-refractivity contribution in [3.05, 3.63) is 101 Å². The summed E-state index contributed by atoms with van der Waals surface area (Å²) in [6.07, 6.45) is 1.18. The number of benzene rings is 3. The summed E-state index contributed by atoms with van der Waals surface area (Å²) in [4.78, 5) is 12.7. The van der Waals surface area contributed by atoms with Crippen molar-refractivity contribution in [2.75, 3.05) is 10.6 Å². The molecule has 0 unspecified atom stereocenters. The molecule has 0 aromatic heterocycles. The number of sulfonamides is 1. The molecule has 3 aromatic carbocycles. The molecular formula is C25H28N2O3S. The van der Waals surface area contributed by atoms with Crippen molar-refractivity contribution in [2.45, 2.75) is 33.4 Å². The van der Waals surface area contributed by atoms with E-state index in [4.69, 9.17) is 0 Å². The fourth-order valence-corrected chi connectivity index (χ4v) is 4.21. The third-order valence-electron chi connectivity index (χ3n) is 5.37. The number of carbonyl (C=O) groups excluding carboxylic acids is 1. The van der Waals surface area contributed by atoms with Crippen molar-refractivity contribution in [3.8, 4) is 0 Å². The van der Waals surface area contributed by atoms with E-state index in [1.807, 2.05) is 43.3 Å². The van der Waals surface area contributed by atoms with Gasteiger partial charge < -0.3 is 5.32 Å². The molecule has 0 radical (unpaired) electrons. The summed E-state index contributed by atoms with van der Waals surface area (Å²) >= 11 is 0. The minimum absolute atomic E-state index is 0.142. The topological polar surface area (TPSA) is 66.5 Å². The van der Waals surface area contributed by atoms with Gasteiger partial charge in [-0.15, -0.1) is 0 Å². The summed E-state index contributed by atoms with van der Waals surface area (Å²) in [6.45, 7) is 6.28. The number of nitrogens with one attached hydrogen (secondary N) is 1. The zero-order chi connectivity index (χ0) is 22.6. The predicted octanol–water partition coefficient (Wildman–Crippen LogP) is 4.76. The van der Waals surface area contributed by atoms with Crippen molar-refractivity contribution in [2.24, 2.45) is 0 Å². The SMILES string of the molecule is Cc1ccc([C@H](C)NC(=O)c2ccc(N(Cc3ccccc3)S(C)(=O)=O)cc2)cc1C. The van der Waals surface area contributed by atoms with Crippen LogP contribution >= 0.6 is 0 Å². The normalized spacial score (nSPS) is 12.3. The van der Waals surface area contributed by atoms with Crippen LogP contribution in [-0.2, 0) is 16.6 Å². The van der Waals surface area contributed by atoms with E-state index in [-0.39, 0.29) is 18.5 Å². The summed E-state index contributed by atoms with van der Waals surface area (Å²) in [5.74, 6) is -0.203. The van der Waals surface area contributed by atoms with Crippen LogP contribution in [0.5, 0.6) is 0 Å². The lowest BCUT2D eigenvalue weighted by Gasteiger charge is -2.23. The van der Waals surface area contributed by atoms with E-state index >= 15 is 0 Å². The summed E-state index contributed by atoms with van der Waals surface area (Å²) in [7, 11) is -3.48. The minimum Gasteiger partial charge on any atom is -0.346 e. The van der Waals surface area contributed by atoms with Gasteiger partial charge in [-0.2, -0.15) is 0 Å². The molecule has 1 amide bonds. The van der Waals surface area contributed by atoms with Crippen LogP contribution in [0.15, 0.2) is 72.8 Å². The van der Waals surface area contributed by atoms with Gasteiger partial charge in [-0.1, -0.05) is 48.5 Å². The summed E-state index contributed by atoms with van der Waals surface area (Å²) in [5, 5.41) is 3.01. The van der Waals surface area contributed by atoms with Crippen LogP contribution in [0.25, 0.3) is 0 Å². The van der Waals surface area contributed by atoms with Crippen LogP contribution in [-0.4, -0.2) is 20.6 Å². The largest absolute Gasteiger partial charge is 0.346 e. The predicted molar refractivity (Wildman–Crippen MR) is 126 cm³/mol. The van der Waals surface area contributed by atoms with E-state index < -0.39 is 10.0 Å². The Balaban J connectivity index is 1.75. The second-order valence-corrected chi connectivity index (χ2v) is 9.75. The first-order valence-corrected chi connectivity index (χ1v) is 12.0. The number of aryl methyl sites for hydroxylation is 2. The highest BCUT2D eigenvalue weighted by Crippen LogP contribution is 2.22. The highest BCUT2D eigenvalue weighted by atomic mass is 32.2. The van der Waals surface area contributed by atoms with Gasteiger partial charge >= 0.3 is 0 Å². The monoisotopic (exact) mass is 436 g/mol. The lowest BCUT2D eigenvalue weighted by Crippen LogP contribution is -2.29. The number of rotatable bonds is 7. The van der Waals surface area contributed by atoms with Crippen molar-refractivity contribution in [1.82, 2.24) is 5.32 Å². The van der Waals surface area contributed by atoms with Gasteiger partial charge in [0.1, 0.15) is 0 Å². The van der Waals surface area contributed by atoms with E-state index in [2.05, 4.69) is 31.3 Å². The average molecular weight is 437 g/mol. The van der Waals surface area contributed by atoms with Gasteiger partial charge in [0.15, 0.2) is 0 Å². The molecule has 5 nitrogen and oxygen atoms in total. The molecule has 0 saturated heterocycles. The van der Waals surface area contributed by atoms with Crippen LogP contribution in [0.3, 0.4) is 0 Å². The first-order chi connectivity index (χ1) is 14.6. The third-order valence-corrected chi connectivity index (χ3v) is 6.51.